The molecule has 61 heavy (non-hydrogen) atoms. The van der Waals surface area contributed by atoms with Crippen molar-refractivity contribution in [1.29, 1.82) is 10.5 Å². The Hall–Kier alpha value is -4.54. The molecule has 0 aliphatic carbocycles. The highest BCUT2D eigenvalue weighted by atomic mass is 32.2. The zero-order valence-electron chi connectivity index (χ0n) is 36.0. The average Bonchev–Trinajstić information content (AvgIpc) is 3.49. The molecule has 14 heteroatoms. The molecule has 0 bridgehead atoms. The quantitative estimate of drug-likeness (QED) is 0.116. The number of anilines is 2. The van der Waals surface area contributed by atoms with Crippen molar-refractivity contribution < 1.29 is 19.0 Å². The summed E-state index contributed by atoms with van der Waals surface area (Å²) < 4.78 is 17.7. The summed E-state index contributed by atoms with van der Waals surface area (Å²) in [6, 6.07) is 20.1. The number of hydrogen-bond donors (Lipinski definition) is 0. The van der Waals surface area contributed by atoms with Gasteiger partial charge in [0.25, 0.3) is 0 Å². The first-order valence-electron chi connectivity index (χ1n) is 21.1. The Morgan fingerprint density at radius 1 is 0.738 bits per heavy atom. The maximum atomic E-state index is 12.6. The summed E-state index contributed by atoms with van der Waals surface area (Å²) in [6.07, 6.45) is 5.18. The lowest BCUT2D eigenvalue weighted by Gasteiger charge is -2.36. The topological polar surface area (TPSA) is 141 Å². The Balaban J connectivity index is 0.000000184. The van der Waals surface area contributed by atoms with Crippen molar-refractivity contribution in [3.05, 3.63) is 99.4 Å². The van der Waals surface area contributed by atoms with Crippen molar-refractivity contribution in [2.45, 2.75) is 87.8 Å². The molecule has 7 heterocycles. The highest BCUT2D eigenvalue weighted by molar-refractivity contribution is 8.00. The van der Waals surface area contributed by atoms with Crippen LogP contribution in [0.5, 0.6) is 0 Å². The number of hydrogen-bond acceptors (Lipinski definition) is 14. The van der Waals surface area contributed by atoms with Crippen LogP contribution in [0.15, 0.2) is 64.8 Å². The molecule has 4 aliphatic heterocycles. The third-order valence-corrected chi connectivity index (χ3v) is 13.4. The van der Waals surface area contributed by atoms with Gasteiger partial charge in [-0.25, -0.2) is 9.97 Å². The van der Waals surface area contributed by atoms with Crippen LogP contribution in [-0.4, -0.2) is 108 Å². The van der Waals surface area contributed by atoms with Crippen molar-refractivity contribution in [3.63, 3.8) is 0 Å². The van der Waals surface area contributed by atoms with Gasteiger partial charge in [0, 0.05) is 79.9 Å². The lowest BCUT2D eigenvalue weighted by molar-refractivity contribution is -0.0405. The number of ketones is 1. The van der Waals surface area contributed by atoms with Gasteiger partial charge in [-0.05, 0) is 77.4 Å². The second-order valence-electron chi connectivity index (χ2n) is 17.1. The van der Waals surface area contributed by atoms with Crippen molar-refractivity contribution in [1.82, 2.24) is 19.9 Å². The van der Waals surface area contributed by atoms with Crippen molar-refractivity contribution in [3.8, 4) is 12.1 Å². The van der Waals surface area contributed by atoms with Gasteiger partial charge in [-0.1, -0.05) is 48.2 Å². The molecule has 4 aromatic rings. The largest absolute Gasteiger partial charge is 0.378 e. The minimum Gasteiger partial charge on any atom is -0.378 e. The van der Waals surface area contributed by atoms with Crippen molar-refractivity contribution in [2.75, 3.05) is 80.8 Å². The van der Waals surface area contributed by atoms with Gasteiger partial charge in [-0.3, -0.25) is 9.78 Å². The van der Waals surface area contributed by atoms with Crippen LogP contribution in [0.2, 0.25) is 0 Å². The Bertz CT molecular complexity index is 2260. The first kappa shape index (κ1) is 44.5. The molecule has 0 amide bonds. The number of carbonyl (C=O) groups excluding carboxylic acids is 1. The lowest BCUT2D eigenvalue weighted by atomic mass is 9.89. The summed E-state index contributed by atoms with van der Waals surface area (Å²) in [5.41, 5.74) is 6.65. The summed E-state index contributed by atoms with van der Waals surface area (Å²) in [5.74, 6) is 2.99. The number of aromatic nitrogens is 3. The molecule has 0 saturated carbocycles. The van der Waals surface area contributed by atoms with E-state index in [1.54, 1.807) is 11.8 Å². The fourth-order valence-corrected chi connectivity index (χ4v) is 9.95. The monoisotopic (exact) mass is 860 g/mol. The van der Waals surface area contributed by atoms with Gasteiger partial charge in [0.2, 0.25) is 0 Å². The molecule has 320 valence electrons. The minimum atomic E-state index is -0.343. The molecule has 12 nitrogen and oxygen atoms in total. The molecule has 3 aromatic heterocycles. The summed E-state index contributed by atoms with van der Waals surface area (Å²) in [5, 5.41) is 21.5. The van der Waals surface area contributed by atoms with Crippen LogP contribution in [0, 0.1) is 22.7 Å². The zero-order chi connectivity index (χ0) is 43.0. The van der Waals surface area contributed by atoms with E-state index in [2.05, 4.69) is 52.7 Å². The van der Waals surface area contributed by atoms with Crippen molar-refractivity contribution >= 4 is 40.9 Å². The Morgan fingerprint density at radius 2 is 1.33 bits per heavy atom. The number of benzene rings is 1. The summed E-state index contributed by atoms with van der Waals surface area (Å²) >= 11 is 3.02. The van der Waals surface area contributed by atoms with Gasteiger partial charge in [0.1, 0.15) is 33.8 Å². The first-order chi connectivity index (χ1) is 29.4. The SMILES string of the molecule is CC1(C)Cc2c(C#N)c(SCC(=O)c3ccccc3)nc(N3CCOCC3)c2CO1.CN1CCCN(c2nc(SCCc3ccccn3)c(C#N)c3c2COC(C)(C)C3)CC1. The van der Waals surface area contributed by atoms with E-state index in [1.165, 1.54) is 11.8 Å². The van der Waals surface area contributed by atoms with Crippen LogP contribution in [0.25, 0.3) is 0 Å². The number of thioether (sulfide) groups is 2. The smallest absolute Gasteiger partial charge is 0.173 e. The Morgan fingerprint density at radius 3 is 1.92 bits per heavy atom. The number of morpholine rings is 1. The predicted octanol–water partition coefficient (Wildman–Crippen LogP) is 7.29. The molecule has 2 saturated heterocycles. The highest BCUT2D eigenvalue weighted by Gasteiger charge is 2.35. The number of fused-ring (bicyclic) bond motifs is 2. The highest BCUT2D eigenvalue weighted by Crippen LogP contribution is 2.40. The summed E-state index contributed by atoms with van der Waals surface area (Å²) in [6.45, 7) is 16.1. The number of aryl methyl sites for hydroxylation is 1. The fourth-order valence-electron chi connectivity index (χ4n) is 8.09. The molecule has 0 unspecified atom stereocenters. The maximum Gasteiger partial charge on any atom is 0.173 e. The number of rotatable bonds is 10. The number of carbonyl (C=O) groups is 1. The Kier molecular flexibility index (Phi) is 14.7. The Labute approximate surface area is 369 Å². The maximum absolute atomic E-state index is 12.6. The van der Waals surface area contributed by atoms with Gasteiger partial charge in [0.15, 0.2) is 5.78 Å². The molecular formula is C47H56N8O4S2. The van der Waals surface area contributed by atoms with Crippen molar-refractivity contribution in [2.24, 2.45) is 0 Å². The summed E-state index contributed by atoms with van der Waals surface area (Å²) in [4.78, 5) is 34.0. The number of likely N-dealkylation sites (N-methyl/N-ethyl adjacent to an activating group) is 1. The van der Waals surface area contributed by atoms with Crippen LogP contribution in [0.4, 0.5) is 11.6 Å². The summed E-state index contributed by atoms with van der Waals surface area (Å²) in [7, 11) is 2.18. The lowest BCUT2D eigenvalue weighted by Crippen LogP contribution is -2.39. The van der Waals surface area contributed by atoms with E-state index >= 15 is 0 Å². The van der Waals surface area contributed by atoms with Gasteiger partial charge < -0.3 is 28.9 Å². The van der Waals surface area contributed by atoms with Crippen LogP contribution in [0.3, 0.4) is 0 Å². The number of pyridine rings is 3. The van der Waals surface area contributed by atoms with Crippen LogP contribution < -0.4 is 9.80 Å². The average molecular weight is 861 g/mol. The molecule has 2 fully saturated rings. The second-order valence-corrected chi connectivity index (χ2v) is 19.1. The normalized spacial score (nSPS) is 18.3. The number of nitrogens with zero attached hydrogens (tertiary/aromatic N) is 8. The first-order valence-corrected chi connectivity index (χ1v) is 23.1. The molecule has 8 rings (SSSR count). The van der Waals surface area contributed by atoms with Gasteiger partial charge in [-0.15, -0.1) is 11.8 Å². The standard InChI is InChI=1S/C24H31N5OS.C23H25N3O3S/c1-24(2)15-19-20(16-25)23(31-14-8-18-7-4-5-9-26-18)27-22(21(19)17-30-24)29-11-6-10-28(3)12-13-29;1-23(2)12-17-18(13-24)22(30-15-20(27)16-6-4-3-5-7-16)25-21(19(17)14-29-23)26-8-10-28-11-9-26/h4-5,7,9H,6,8,10-15,17H2,1-3H3;3-7H,8-12,14-15H2,1-2H3. The molecule has 1 aromatic carbocycles. The number of nitriles is 2. The van der Waals surface area contributed by atoms with E-state index in [1.807, 2.05) is 68.6 Å². The molecule has 0 atom stereocenters. The molecule has 0 radical (unpaired) electrons. The van der Waals surface area contributed by atoms with Gasteiger partial charge in [-0.2, -0.15) is 10.5 Å². The molecule has 0 N–H and O–H groups in total. The number of ether oxygens (including phenoxy) is 3. The third kappa shape index (κ3) is 11.1. The van der Waals surface area contributed by atoms with Crippen LogP contribution >= 0.6 is 23.5 Å². The van der Waals surface area contributed by atoms with Gasteiger partial charge in [0.05, 0.1) is 54.5 Å². The molecular weight excluding hydrogens is 805 g/mol. The van der Waals surface area contributed by atoms with Crippen LogP contribution in [-0.2, 0) is 46.7 Å². The zero-order valence-corrected chi connectivity index (χ0v) is 37.7. The van der Waals surface area contributed by atoms with E-state index < -0.39 is 0 Å². The minimum absolute atomic E-state index is 0.0283. The van der Waals surface area contributed by atoms with E-state index in [4.69, 9.17) is 24.2 Å². The molecule has 4 aliphatic rings. The number of Topliss-reactive ketones (excluding diaryl/α,β-unsaturated/α-hetero) is 1. The van der Waals surface area contributed by atoms with E-state index in [-0.39, 0.29) is 22.7 Å². The van der Waals surface area contributed by atoms with E-state index in [9.17, 15) is 15.3 Å². The molecule has 0 spiro atoms. The third-order valence-electron chi connectivity index (χ3n) is 11.4. The predicted molar refractivity (Wildman–Crippen MR) is 241 cm³/mol. The van der Waals surface area contributed by atoms with E-state index in [0.29, 0.717) is 49.0 Å². The van der Waals surface area contributed by atoms with E-state index in [0.717, 1.165) is 114 Å². The second kappa shape index (κ2) is 20.1. The van der Waals surface area contributed by atoms with Gasteiger partial charge >= 0.3 is 0 Å². The fraction of sp³-hybridized carbons (Fsp3) is 0.489. The van der Waals surface area contributed by atoms with Crippen LogP contribution in [0.1, 0.15) is 83.5 Å².